The number of nitrogens with zero attached hydrogens (tertiary/aromatic N) is 1. The zero-order valence-electron chi connectivity index (χ0n) is 15.4. The summed E-state index contributed by atoms with van der Waals surface area (Å²) in [7, 11) is -3.78. The minimum absolute atomic E-state index is 0.00783. The first-order valence-electron chi connectivity index (χ1n) is 9.08. The van der Waals surface area contributed by atoms with Crippen LogP contribution in [0.5, 0.6) is 0 Å². The lowest BCUT2D eigenvalue weighted by Gasteiger charge is -2.31. The molecule has 7 nitrogen and oxygen atoms in total. The number of nitrogens with one attached hydrogen (secondary N) is 1. The van der Waals surface area contributed by atoms with Gasteiger partial charge in [-0.3, -0.25) is 9.59 Å². The highest BCUT2D eigenvalue weighted by atomic mass is 32.2. The van der Waals surface area contributed by atoms with Crippen LogP contribution in [0.2, 0.25) is 0 Å². The highest BCUT2D eigenvalue weighted by Crippen LogP contribution is 2.20. The van der Waals surface area contributed by atoms with E-state index in [0.717, 1.165) is 5.56 Å². The summed E-state index contributed by atoms with van der Waals surface area (Å²) >= 11 is 0. The van der Waals surface area contributed by atoms with Crippen LogP contribution < -0.4 is 10.5 Å². The van der Waals surface area contributed by atoms with E-state index >= 15 is 0 Å². The van der Waals surface area contributed by atoms with Gasteiger partial charge in [-0.25, -0.2) is 13.6 Å². The SMILES string of the molecule is NS(=O)(=O)c1ccc(C(=O)N2CCC(C(=O)NCc3ccccc3)CC2)cc1. The fourth-order valence-corrected chi connectivity index (χ4v) is 3.76. The molecular weight excluding hydrogens is 378 g/mol. The molecule has 1 saturated heterocycles. The van der Waals surface area contributed by atoms with Crippen molar-refractivity contribution in [2.75, 3.05) is 13.1 Å². The number of carbonyl (C=O) groups is 2. The first-order chi connectivity index (χ1) is 13.3. The Kier molecular flexibility index (Phi) is 6.11. The molecule has 1 aliphatic rings. The number of sulfonamides is 1. The van der Waals surface area contributed by atoms with Gasteiger partial charge < -0.3 is 10.2 Å². The zero-order chi connectivity index (χ0) is 20.1. The monoisotopic (exact) mass is 401 g/mol. The number of piperidine rings is 1. The summed E-state index contributed by atoms with van der Waals surface area (Å²) < 4.78 is 22.6. The van der Waals surface area contributed by atoms with Crippen LogP contribution >= 0.6 is 0 Å². The minimum Gasteiger partial charge on any atom is -0.352 e. The van der Waals surface area contributed by atoms with Gasteiger partial charge in [0, 0.05) is 31.1 Å². The van der Waals surface area contributed by atoms with E-state index in [2.05, 4.69) is 5.32 Å². The second-order valence-electron chi connectivity index (χ2n) is 6.84. The number of amides is 2. The van der Waals surface area contributed by atoms with Crippen LogP contribution in [-0.4, -0.2) is 38.2 Å². The Labute approximate surface area is 164 Å². The van der Waals surface area contributed by atoms with Crippen molar-refractivity contribution in [3.05, 3.63) is 65.7 Å². The fraction of sp³-hybridized carbons (Fsp3) is 0.300. The Balaban J connectivity index is 1.51. The Bertz CT molecular complexity index is 935. The van der Waals surface area contributed by atoms with Crippen molar-refractivity contribution in [3.8, 4) is 0 Å². The summed E-state index contributed by atoms with van der Waals surface area (Å²) in [6.07, 6.45) is 1.20. The number of rotatable bonds is 5. The fourth-order valence-electron chi connectivity index (χ4n) is 3.24. The first-order valence-corrected chi connectivity index (χ1v) is 10.6. The summed E-state index contributed by atoms with van der Waals surface area (Å²) in [4.78, 5) is 26.6. The molecule has 28 heavy (non-hydrogen) atoms. The number of likely N-dealkylation sites (tertiary alicyclic amines) is 1. The molecule has 0 saturated carbocycles. The van der Waals surface area contributed by atoms with Crippen LogP contribution in [0.1, 0.15) is 28.8 Å². The Morgan fingerprint density at radius 1 is 1.00 bits per heavy atom. The predicted molar refractivity (Wildman–Crippen MR) is 105 cm³/mol. The van der Waals surface area contributed by atoms with Crippen molar-refractivity contribution in [2.45, 2.75) is 24.3 Å². The maximum absolute atomic E-state index is 12.6. The summed E-state index contributed by atoms with van der Waals surface area (Å²) in [5.41, 5.74) is 1.45. The summed E-state index contributed by atoms with van der Waals surface area (Å²) in [5.74, 6) is -0.282. The highest BCUT2D eigenvalue weighted by molar-refractivity contribution is 7.89. The predicted octanol–water partition coefficient (Wildman–Crippen LogP) is 1.50. The molecular formula is C20H23N3O4S. The van der Waals surface area contributed by atoms with E-state index < -0.39 is 10.0 Å². The molecule has 2 amide bonds. The maximum Gasteiger partial charge on any atom is 0.253 e. The van der Waals surface area contributed by atoms with Crippen molar-refractivity contribution in [2.24, 2.45) is 11.1 Å². The molecule has 1 fully saturated rings. The van der Waals surface area contributed by atoms with Gasteiger partial charge in [0.15, 0.2) is 0 Å². The first kappa shape index (κ1) is 20.0. The highest BCUT2D eigenvalue weighted by Gasteiger charge is 2.27. The molecule has 3 rings (SSSR count). The lowest BCUT2D eigenvalue weighted by Crippen LogP contribution is -2.42. The lowest BCUT2D eigenvalue weighted by molar-refractivity contribution is -0.126. The molecule has 1 heterocycles. The number of carbonyl (C=O) groups excluding carboxylic acids is 2. The van der Waals surface area contributed by atoms with Gasteiger partial charge in [-0.05, 0) is 42.7 Å². The third-order valence-electron chi connectivity index (χ3n) is 4.89. The molecule has 0 atom stereocenters. The van der Waals surface area contributed by atoms with Crippen LogP contribution in [0.3, 0.4) is 0 Å². The maximum atomic E-state index is 12.6. The topological polar surface area (TPSA) is 110 Å². The third-order valence-corrected chi connectivity index (χ3v) is 5.82. The zero-order valence-corrected chi connectivity index (χ0v) is 16.2. The largest absolute Gasteiger partial charge is 0.352 e. The van der Waals surface area contributed by atoms with Gasteiger partial charge in [0.1, 0.15) is 0 Å². The van der Waals surface area contributed by atoms with Crippen LogP contribution in [0.15, 0.2) is 59.5 Å². The van der Waals surface area contributed by atoms with Crippen molar-refractivity contribution < 1.29 is 18.0 Å². The average Bonchev–Trinajstić information content (AvgIpc) is 2.72. The molecule has 0 radical (unpaired) electrons. The Hall–Kier alpha value is -2.71. The van der Waals surface area contributed by atoms with Crippen molar-refractivity contribution >= 4 is 21.8 Å². The summed E-state index contributed by atoms with van der Waals surface area (Å²) in [6.45, 7) is 1.47. The second-order valence-corrected chi connectivity index (χ2v) is 8.40. The van der Waals surface area contributed by atoms with Crippen LogP contribution in [0.25, 0.3) is 0 Å². The average molecular weight is 401 g/mol. The molecule has 0 bridgehead atoms. The normalized spacial score (nSPS) is 15.2. The van der Waals surface area contributed by atoms with Gasteiger partial charge in [-0.1, -0.05) is 30.3 Å². The number of benzene rings is 2. The third kappa shape index (κ3) is 4.96. The lowest BCUT2D eigenvalue weighted by atomic mass is 9.95. The Morgan fingerprint density at radius 3 is 2.18 bits per heavy atom. The number of primary sulfonamides is 1. The molecule has 2 aromatic rings. The quantitative estimate of drug-likeness (QED) is 0.791. The van der Waals surface area contributed by atoms with Crippen molar-refractivity contribution in [1.29, 1.82) is 0 Å². The summed E-state index contributed by atoms with van der Waals surface area (Å²) in [6, 6.07) is 15.3. The van der Waals surface area contributed by atoms with Gasteiger partial charge in [-0.2, -0.15) is 0 Å². The van der Waals surface area contributed by atoms with E-state index in [-0.39, 0.29) is 22.6 Å². The molecule has 2 aromatic carbocycles. The molecule has 0 spiro atoms. The van der Waals surface area contributed by atoms with Crippen LogP contribution in [-0.2, 0) is 21.4 Å². The number of hydrogen-bond acceptors (Lipinski definition) is 4. The van der Waals surface area contributed by atoms with Gasteiger partial charge in [0.05, 0.1) is 4.90 Å². The van der Waals surface area contributed by atoms with E-state index in [4.69, 9.17) is 5.14 Å². The van der Waals surface area contributed by atoms with E-state index in [9.17, 15) is 18.0 Å². The van der Waals surface area contributed by atoms with E-state index in [0.29, 0.717) is 38.0 Å². The molecule has 0 unspecified atom stereocenters. The van der Waals surface area contributed by atoms with Crippen LogP contribution in [0.4, 0.5) is 0 Å². The Morgan fingerprint density at radius 2 is 1.61 bits per heavy atom. The molecule has 3 N–H and O–H groups in total. The molecule has 1 aliphatic heterocycles. The van der Waals surface area contributed by atoms with Crippen LogP contribution in [0, 0.1) is 5.92 Å². The van der Waals surface area contributed by atoms with E-state index in [1.165, 1.54) is 24.3 Å². The van der Waals surface area contributed by atoms with E-state index in [1.807, 2.05) is 30.3 Å². The van der Waals surface area contributed by atoms with Crippen molar-refractivity contribution in [3.63, 3.8) is 0 Å². The van der Waals surface area contributed by atoms with Gasteiger partial charge in [0.2, 0.25) is 15.9 Å². The minimum atomic E-state index is -3.78. The number of nitrogens with two attached hydrogens (primary N) is 1. The van der Waals surface area contributed by atoms with Gasteiger partial charge in [-0.15, -0.1) is 0 Å². The van der Waals surface area contributed by atoms with Gasteiger partial charge >= 0.3 is 0 Å². The van der Waals surface area contributed by atoms with Gasteiger partial charge in [0.25, 0.3) is 5.91 Å². The van der Waals surface area contributed by atoms with E-state index in [1.54, 1.807) is 4.90 Å². The number of hydrogen-bond donors (Lipinski definition) is 2. The molecule has 148 valence electrons. The molecule has 8 heteroatoms. The molecule has 0 aliphatic carbocycles. The standard InChI is InChI=1S/C20H23N3O4S/c21-28(26,27)18-8-6-17(7-9-18)20(25)23-12-10-16(11-13-23)19(24)22-14-15-4-2-1-3-5-15/h1-9,16H,10-14H2,(H,22,24)(H2,21,26,27). The summed E-state index contributed by atoms with van der Waals surface area (Å²) in [5, 5.41) is 8.02. The molecule has 0 aromatic heterocycles. The van der Waals surface area contributed by atoms with Crippen molar-refractivity contribution in [1.82, 2.24) is 10.2 Å². The second kappa shape index (κ2) is 8.53. The smallest absolute Gasteiger partial charge is 0.253 e.